The van der Waals surface area contributed by atoms with Gasteiger partial charge in [-0.15, -0.1) is 11.3 Å². The predicted molar refractivity (Wildman–Crippen MR) is 70.9 cm³/mol. The molecular weight excluding hydrogens is 287 g/mol. The van der Waals surface area contributed by atoms with E-state index in [0.717, 1.165) is 11.3 Å². The minimum atomic E-state index is -4.27. The van der Waals surface area contributed by atoms with Gasteiger partial charge >= 0.3 is 6.18 Å². The van der Waals surface area contributed by atoms with Crippen LogP contribution in [0.15, 0.2) is 24.5 Å². The lowest BCUT2D eigenvalue weighted by atomic mass is 9.65. The van der Waals surface area contributed by atoms with Gasteiger partial charge in [0.05, 0.1) is 5.69 Å². The van der Waals surface area contributed by atoms with Gasteiger partial charge in [-0.3, -0.25) is 4.98 Å². The van der Waals surface area contributed by atoms with Gasteiger partial charge in [-0.05, 0) is 35.7 Å². The smallest absolute Gasteiger partial charge is 0.399 e. The molecular formula is C13H11F3N3S-. The van der Waals surface area contributed by atoms with Crippen molar-refractivity contribution in [2.24, 2.45) is 0 Å². The number of halogens is 3. The molecule has 0 amide bonds. The second kappa shape index (κ2) is 4.44. The molecule has 0 radical (unpaired) electrons. The van der Waals surface area contributed by atoms with Crippen LogP contribution in [0.3, 0.4) is 0 Å². The maximum Gasteiger partial charge on any atom is 0.399 e. The van der Waals surface area contributed by atoms with Crippen LogP contribution in [0.4, 0.5) is 18.3 Å². The van der Waals surface area contributed by atoms with Crippen LogP contribution in [0.25, 0.3) is 16.2 Å². The largest absolute Gasteiger partial charge is 0.473 e. The van der Waals surface area contributed by atoms with Gasteiger partial charge in [0.1, 0.15) is 5.41 Å². The fourth-order valence-electron chi connectivity index (χ4n) is 2.47. The predicted octanol–water partition coefficient (Wildman–Crippen LogP) is 4.87. The van der Waals surface area contributed by atoms with E-state index < -0.39 is 11.6 Å². The van der Waals surface area contributed by atoms with Crippen LogP contribution < -0.4 is 0 Å². The van der Waals surface area contributed by atoms with Gasteiger partial charge in [-0.25, -0.2) is 0 Å². The van der Waals surface area contributed by atoms with Gasteiger partial charge in [0.15, 0.2) is 0 Å². The van der Waals surface area contributed by atoms with E-state index in [1.54, 1.807) is 6.07 Å². The van der Waals surface area contributed by atoms with E-state index in [9.17, 15) is 13.2 Å². The zero-order valence-corrected chi connectivity index (χ0v) is 11.2. The SMILES string of the molecule is [NH-]c1ncc(-c2ccnc(C3(C(F)(F)F)CCC3)c2)s1. The molecule has 1 N–H and O–H groups in total. The van der Waals surface area contributed by atoms with Crippen molar-refractivity contribution in [3.05, 3.63) is 36.0 Å². The number of hydrogen-bond donors (Lipinski definition) is 0. The van der Waals surface area contributed by atoms with Crippen molar-refractivity contribution < 1.29 is 13.2 Å². The molecule has 0 bridgehead atoms. The highest BCUT2D eigenvalue weighted by Gasteiger charge is 2.60. The lowest BCUT2D eigenvalue weighted by molar-refractivity contribution is -0.214. The first-order valence-corrected chi connectivity index (χ1v) is 6.95. The lowest BCUT2D eigenvalue weighted by Gasteiger charge is -2.42. The molecule has 0 aromatic carbocycles. The Labute approximate surface area is 117 Å². The molecule has 0 spiro atoms. The molecule has 2 aromatic rings. The number of pyridine rings is 1. The molecule has 0 unspecified atom stereocenters. The lowest BCUT2D eigenvalue weighted by Crippen LogP contribution is -2.48. The number of nitrogens with one attached hydrogen (secondary N) is 1. The second-order valence-corrected chi connectivity index (χ2v) is 5.92. The van der Waals surface area contributed by atoms with E-state index in [-0.39, 0.29) is 23.7 Å². The number of aromatic nitrogens is 2. The van der Waals surface area contributed by atoms with E-state index >= 15 is 0 Å². The summed E-state index contributed by atoms with van der Waals surface area (Å²) in [5.74, 6) is 0. The minimum absolute atomic E-state index is 0.0775. The first-order valence-electron chi connectivity index (χ1n) is 6.13. The molecule has 2 aromatic heterocycles. The molecule has 0 atom stereocenters. The summed E-state index contributed by atoms with van der Waals surface area (Å²) in [7, 11) is 0. The van der Waals surface area contributed by atoms with Crippen LogP contribution in [-0.2, 0) is 5.41 Å². The Morgan fingerprint density at radius 1 is 1.25 bits per heavy atom. The van der Waals surface area contributed by atoms with Crippen molar-refractivity contribution in [1.29, 1.82) is 0 Å². The number of alkyl halides is 3. The van der Waals surface area contributed by atoms with Crippen LogP contribution in [0.5, 0.6) is 0 Å². The average molecular weight is 298 g/mol. The molecule has 7 heteroatoms. The van der Waals surface area contributed by atoms with Crippen molar-refractivity contribution in [2.45, 2.75) is 30.9 Å². The molecule has 1 fully saturated rings. The van der Waals surface area contributed by atoms with E-state index in [4.69, 9.17) is 5.73 Å². The Kier molecular flexibility index (Phi) is 2.97. The minimum Gasteiger partial charge on any atom is -0.473 e. The Morgan fingerprint density at radius 3 is 2.50 bits per heavy atom. The maximum absolute atomic E-state index is 13.3. The van der Waals surface area contributed by atoms with Crippen molar-refractivity contribution in [2.75, 3.05) is 0 Å². The first-order chi connectivity index (χ1) is 9.42. The number of nitrogens with zero attached hydrogens (tertiary/aromatic N) is 2. The van der Waals surface area contributed by atoms with Crippen LogP contribution in [-0.4, -0.2) is 16.1 Å². The first kappa shape index (κ1) is 13.4. The third-order valence-corrected chi connectivity index (χ3v) is 4.65. The van der Waals surface area contributed by atoms with Gasteiger partial charge in [0.2, 0.25) is 0 Å². The van der Waals surface area contributed by atoms with Crippen molar-refractivity contribution in [1.82, 2.24) is 9.97 Å². The standard InChI is InChI=1S/C13H11F3N3S/c14-13(15,16)12(3-1-4-12)10-6-8(2-5-18-10)9-7-19-11(17)20-9/h2,5-7H,1,3-4H2,(H-,17,19)/q-1. The molecule has 106 valence electrons. The van der Waals surface area contributed by atoms with E-state index in [1.807, 2.05) is 0 Å². The normalized spacial score (nSPS) is 17.8. The molecule has 0 saturated heterocycles. The Balaban J connectivity index is 2.03. The summed E-state index contributed by atoms with van der Waals surface area (Å²) in [6, 6.07) is 3.14. The molecule has 3 nitrogen and oxygen atoms in total. The second-order valence-electron chi connectivity index (χ2n) is 4.89. The zero-order chi connectivity index (χ0) is 14.4. The molecule has 1 aliphatic carbocycles. The number of rotatable bonds is 2. The summed E-state index contributed by atoms with van der Waals surface area (Å²) < 4.78 is 39.9. The highest BCUT2D eigenvalue weighted by molar-refractivity contribution is 7.18. The molecule has 1 saturated carbocycles. The molecule has 0 aliphatic heterocycles. The van der Waals surface area contributed by atoms with Crippen molar-refractivity contribution >= 4 is 16.5 Å². The van der Waals surface area contributed by atoms with Gasteiger partial charge in [-0.2, -0.15) is 13.2 Å². The fourth-order valence-corrected chi connectivity index (χ4v) is 3.13. The van der Waals surface area contributed by atoms with Gasteiger partial charge < -0.3 is 10.7 Å². The average Bonchev–Trinajstić information content (AvgIpc) is 2.73. The third-order valence-electron chi connectivity index (χ3n) is 3.79. The van der Waals surface area contributed by atoms with E-state index in [0.29, 0.717) is 16.9 Å². The van der Waals surface area contributed by atoms with Crippen LogP contribution in [0, 0.1) is 0 Å². The van der Waals surface area contributed by atoms with E-state index in [1.165, 1.54) is 18.5 Å². The van der Waals surface area contributed by atoms with Crippen molar-refractivity contribution in [3.8, 4) is 10.4 Å². The van der Waals surface area contributed by atoms with Crippen LogP contribution in [0.1, 0.15) is 25.0 Å². The van der Waals surface area contributed by atoms with Crippen LogP contribution >= 0.6 is 11.3 Å². The van der Waals surface area contributed by atoms with Gasteiger partial charge in [-0.1, -0.05) is 12.6 Å². The summed E-state index contributed by atoms with van der Waals surface area (Å²) in [4.78, 5) is 8.45. The Bertz CT molecular complexity index is 632. The topological polar surface area (TPSA) is 49.6 Å². The summed E-state index contributed by atoms with van der Waals surface area (Å²) in [5, 5.41) is 0.146. The molecule has 20 heavy (non-hydrogen) atoms. The van der Waals surface area contributed by atoms with E-state index in [2.05, 4.69) is 9.97 Å². The fraction of sp³-hybridized carbons (Fsp3) is 0.385. The van der Waals surface area contributed by atoms with Gasteiger partial charge in [0.25, 0.3) is 0 Å². The molecule has 3 rings (SSSR count). The summed E-state index contributed by atoms with van der Waals surface area (Å²) in [5.41, 5.74) is 6.32. The zero-order valence-electron chi connectivity index (χ0n) is 10.4. The monoisotopic (exact) mass is 298 g/mol. The summed E-state index contributed by atoms with van der Waals surface area (Å²) in [6.07, 6.45) is -0.598. The Morgan fingerprint density at radius 2 is 2.00 bits per heavy atom. The van der Waals surface area contributed by atoms with Crippen molar-refractivity contribution in [3.63, 3.8) is 0 Å². The molecule has 2 heterocycles. The number of thiazole rings is 1. The maximum atomic E-state index is 13.3. The van der Waals surface area contributed by atoms with Crippen LogP contribution in [0.2, 0.25) is 0 Å². The third kappa shape index (κ3) is 1.96. The highest BCUT2D eigenvalue weighted by Crippen LogP contribution is 2.54. The summed E-state index contributed by atoms with van der Waals surface area (Å²) >= 11 is 1.14. The summed E-state index contributed by atoms with van der Waals surface area (Å²) in [6.45, 7) is 0. The quantitative estimate of drug-likeness (QED) is 0.794. The molecule has 1 aliphatic rings. The Hall–Kier alpha value is -1.63. The highest BCUT2D eigenvalue weighted by atomic mass is 32.1. The number of hydrogen-bond acceptors (Lipinski definition) is 3. The van der Waals surface area contributed by atoms with Gasteiger partial charge in [0, 0.05) is 11.1 Å².